The van der Waals surface area contributed by atoms with Gasteiger partial charge in [0.25, 0.3) is 0 Å². The fraction of sp³-hybridized carbons (Fsp3) is 0.692. The lowest BCUT2D eigenvalue weighted by atomic mass is 9.84. The van der Waals surface area contributed by atoms with Crippen LogP contribution in [0, 0.1) is 5.41 Å². The number of rotatable bonds is 4. The first-order chi connectivity index (χ1) is 9.89. The highest BCUT2D eigenvalue weighted by molar-refractivity contribution is 5.79. The Morgan fingerprint density at radius 2 is 2.29 bits per heavy atom. The zero-order valence-electron chi connectivity index (χ0n) is 12.5. The first-order valence-electron chi connectivity index (χ1n) is 7.02. The van der Waals surface area contributed by atoms with E-state index in [4.69, 9.17) is 0 Å². The van der Waals surface area contributed by atoms with E-state index in [1.165, 1.54) is 0 Å². The van der Waals surface area contributed by atoms with E-state index >= 15 is 0 Å². The van der Waals surface area contributed by atoms with Gasteiger partial charge in [0.2, 0.25) is 0 Å². The van der Waals surface area contributed by atoms with Crippen LogP contribution in [0.3, 0.4) is 0 Å². The molecule has 2 rings (SSSR count). The number of likely N-dealkylation sites (tertiary alicyclic amines) is 1. The van der Waals surface area contributed by atoms with Crippen LogP contribution in [-0.2, 0) is 11.8 Å². The summed E-state index contributed by atoms with van der Waals surface area (Å²) in [4.78, 5) is 25.2. The van der Waals surface area contributed by atoms with Crippen molar-refractivity contribution in [3.63, 3.8) is 0 Å². The number of carbonyl (C=O) groups is 2. The summed E-state index contributed by atoms with van der Waals surface area (Å²) in [6.07, 6.45) is 2.58. The number of carboxylic acid groups (broad SMARTS) is 1. The van der Waals surface area contributed by atoms with E-state index < -0.39 is 11.4 Å². The Morgan fingerprint density at radius 3 is 2.76 bits per heavy atom. The van der Waals surface area contributed by atoms with Gasteiger partial charge in [-0.1, -0.05) is 6.92 Å². The van der Waals surface area contributed by atoms with E-state index in [-0.39, 0.29) is 18.6 Å². The van der Waals surface area contributed by atoms with Gasteiger partial charge < -0.3 is 19.9 Å². The SMILES string of the molecule is CCC1(C(=O)O)CCN(C(=O)NC(C)c2nncn2C)C1. The molecule has 0 aliphatic carbocycles. The summed E-state index contributed by atoms with van der Waals surface area (Å²) < 4.78 is 1.74. The maximum atomic E-state index is 12.3. The molecule has 1 aromatic rings. The molecule has 2 atom stereocenters. The summed E-state index contributed by atoms with van der Waals surface area (Å²) in [7, 11) is 1.81. The van der Waals surface area contributed by atoms with Crippen molar-refractivity contribution in [2.45, 2.75) is 32.7 Å². The molecule has 2 unspecified atom stereocenters. The van der Waals surface area contributed by atoms with Crippen LogP contribution in [0.4, 0.5) is 4.79 Å². The molecule has 1 aliphatic rings. The minimum absolute atomic E-state index is 0.246. The molecular formula is C13H21N5O3. The summed E-state index contributed by atoms with van der Waals surface area (Å²) >= 11 is 0. The number of hydrogen-bond donors (Lipinski definition) is 2. The molecule has 0 spiro atoms. The van der Waals surface area contributed by atoms with Crippen molar-refractivity contribution < 1.29 is 14.7 Å². The standard InChI is InChI=1S/C13H21N5O3/c1-4-13(11(19)20)5-6-18(7-13)12(21)15-9(2)10-16-14-8-17(10)3/h8-9H,4-7H2,1-3H3,(H,15,21)(H,19,20). The normalized spacial score (nSPS) is 23.1. The molecule has 0 aromatic carbocycles. The van der Waals surface area contributed by atoms with E-state index in [0.29, 0.717) is 25.2 Å². The van der Waals surface area contributed by atoms with Crippen molar-refractivity contribution in [3.8, 4) is 0 Å². The van der Waals surface area contributed by atoms with Gasteiger partial charge in [-0.3, -0.25) is 4.79 Å². The van der Waals surface area contributed by atoms with E-state index in [9.17, 15) is 14.7 Å². The van der Waals surface area contributed by atoms with Crippen LogP contribution in [0.2, 0.25) is 0 Å². The molecule has 8 heteroatoms. The third kappa shape index (κ3) is 2.84. The summed E-state index contributed by atoms with van der Waals surface area (Å²) in [6, 6.07) is -0.548. The third-order valence-electron chi connectivity index (χ3n) is 4.25. The molecule has 2 N–H and O–H groups in total. The maximum Gasteiger partial charge on any atom is 0.318 e. The van der Waals surface area contributed by atoms with Crippen molar-refractivity contribution in [1.29, 1.82) is 0 Å². The molecule has 1 fully saturated rings. The first kappa shape index (κ1) is 15.3. The Balaban J connectivity index is 1.99. The second-order valence-electron chi connectivity index (χ2n) is 5.58. The van der Waals surface area contributed by atoms with Gasteiger partial charge in [-0.25, -0.2) is 4.79 Å². The maximum absolute atomic E-state index is 12.3. The Kier molecular flexibility index (Phi) is 4.15. The van der Waals surface area contributed by atoms with E-state index in [2.05, 4.69) is 15.5 Å². The van der Waals surface area contributed by atoms with Crippen LogP contribution in [-0.4, -0.2) is 49.9 Å². The predicted molar refractivity (Wildman–Crippen MR) is 74.5 cm³/mol. The Bertz CT molecular complexity index is 544. The van der Waals surface area contributed by atoms with Crippen molar-refractivity contribution in [3.05, 3.63) is 12.2 Å². The van der Waals surface area contributed by atoms with Crippen molar-refractivity contribution in [2.75, 3.05) is 13.1 Å². The van der Waals surface area contributed by atoms with E-state index in [1.54, 1.807) is 22.8 Å². The number of aryl methyl sites for hydroxylation is 1. The van der Waals surface area contributed by atoms with Crippen LogP contribution in [0.1, 0.15) is 38.6 Å². The monoisotopic (exact) mass is 295 g/mol. The molecule has 0 radical (unpaired) electrons. The average molecular weight is 295 g/mol. The molecule has 1 aromatic heterocycles. The number of amides is 2. The number of aliphatic carboxylic acids is 1. The quantitative estimate of drug-likeness (QED) is 0.854. The summed E-state index contributed by atoms with van der Waals surface area (Å²) in [5, 5.41) is 19.9. The van der Waals surface area contributed by atoms with Crippen molar-refractivity contribution in [2.24, 2.45) is 12.5 Å². The molecule has 2 amide bonds. The number of urea groups is 1. The highest BCUT2D eigenvalue weighted by Gasteiger charge is 2.44. The molecule has 1 saturated heterocycles. The number of nitrogens with zero attached hydrogens (tertiary/aromatic N) is 4. The molecule has 1 aliphatic heterocycles. The zero-order chi connectivity index (χ0) is 15.6. The van der Waals surface area contributed by atoms with Crippen LogP contribution in [0.5, 0.6) is 0 Å². The second kappa shape index (κ2) is 5.71. The number of carbonyl (C=O) groups excluding carboxylic acids is 1. The highest BCUT2D eigenvalue weighted by Crippen LogP contribution is 2.34. The minimum Gasteiger partial charge on any atom is -0.481 e. The molecular weight excluding hydrogens is 274 g/mol. The van der Waals surface area contributed by atoms with Crippen LogP contribution in [0.25, 0.3) is 0 Å². The van der Waals surface area contributed by atoms with Crippen molar-refractivity contribution >= 4 is 12.0 Å². The lowest BCUT2D eigenvalue weighted by Gasteiger charge is -2.24. The number of carboxylic acids is 1. The highest BCUT2D eigenvalue weighted by atomic mass is 16.4. The topological polar surface area (TPSA) is 100 Å². The minimum atomic E-state index is -0.832. The smallest absolute Gasteiger partial charge is 0.318 e. The van der Waals surface area contributed by atoms with Gasteiger partial charge in [0.15, 0.2) is 5.82 Å². The number of aromatic nitrogens is 3. The molecule has 8 nitrogen and oxygen atoms in total. The predicted octanol–water partition coefficient (Wildman–Crippen LogP) is 0.772. The fourth-order valence-corrected chi connectivity index (χ4v) is 2.69. The molecule has 2 heterocycles. The van der Waals surface area contributed by atoms with Gasteiger partial charge in [-0.2, -0.15) is 0 Å². The second-order valence-corrected chi connectivity index (χ2v) is 5.58. The van der Waals surface area contributed by atoms with Gasteiger partial charge >= 0.3 is 12.0 Å². The van der Waals surface area contributed by atoms with Gasteiger partial charge in [-0.05, 0) is 19.8 Å². The van der Waals surface area contributed by atoms with Gasteiger partial charge in [0, 0.05) is 20.1 Å². The summed E-state index contributed by atoms with van der Waals surface area (Å²) in [5.74, 6) is -0.177. The summed E-state index contributed by atoms with van der Waals surface area (Å²) in [6.45, 7) is 4.37. The zero-order valence-corrected chi connectivity index (χ0v) is 12.5. The van der Waals surface area contributed by atoms with Gasteiger partial charge in [0.1, 0.15) is 6.33 Å². The molecule has 0 bridgehead atoms. The average Bonchev–Trinajstić information content (AvgIpc) is 3.05. The van der Waals surface area contributed by atoms with Gasteiger partial charge in [-0.15, -0.1) is 10.2 Å². The lowest BCUT2D eigenvalue weighted by Crippen LogP contribution is -2.42. The summed E-state index contributed by atoms with van der Waals surface area (Å²) in [5.41, 5.74) is -0.814. The van der Waals surface area contributed by atoms with Crippen LogP contribution < -0.4 is 5.32 Å². The Morgan fingerprint density at radius 1 is 1.57 bits per heavy atom. The third-order valence-corrected chi connectivity index (χ3v) is 4.25. The number of hydrogen-bond acceptors (Lipinski definition) is 4. The van der Waals surface area contributed by atoms with Crippen LogP contribution in [0.15, 0.2) is 6.33 Å². The number of nitrogens with one attached hydrogen (secondary N) is 1. The largest absolute Gasteiger partial charge is 0.481 e. The van der Waals surface area contributed by atoms with Crippen molar-refractivity contribution in [1.82, 2.24) is 25.0 Å². The lowest BCUT2D eigenvalue weighted by molar-refractivity contribution is -0.148. The Hall–Kier alpha value is -2.12. The fourth-order valence-electron chi connectivity index (χ4n) is 2.69. The first-order valence-corrected chi connectivity index (χ1v) is 7.02. The molecule has 0 saturated carbocycles. The molecule has 116 valence electrons. The Labute approximate surface area is 123 Å². The van der Waals surface area contributed by atoms with E-state index in [1.807, 2.05) is 13.8 Å². The van der Waals surface area contributed by atoms with Crippen LogP contribution >= 0.6 is 0 Å². The van der Waals surface area contributed by atoms with E-state index in [0.717, 1.165) is 0 Å². The molecule has 21 heavy (non-hydrogen) atoms. The van der Waals surface area contributed by atoms with Gasteiger partial charge in [0.05, 0.1) is 11.5 Å².